The highest BCUT2D eigenvalue weighted by Crippen LogP contribution is 2.20. The Hall–Kier alpha value is -1.07. The number of rotatable bonds is 6. The maximum atomic E-state index is 11.5. The Balaban J connectivity index is 2.29. The van der Waals surface area contributed by atoms with E-state index in [2.05, 4.69) is 26.0 Å². The molecule has 1 saturated heterocycles. The highest BCUT2D eigenvalue weighted by Gasteiger charge is 2.28. The smallest absolute Gasteiger partial charge is 0.328 e. The van der Waals surface area contributed by atoms with Gasteiger partial charge < -0.3 is 10.1 Å². The molecule has 18 heavy (non-hydrogen) atoms. The number of thiocyanates is 1. The molecule has 8 heteroatoms. The lowest BCUT2D eigenvalue weighted by Crippen LogP contribution is -2.38. The van der Waals surface area contributed by atoms with E-state index in [4.69, 9.17) is 5.26 Å². The molecule has 1 aliphatic heterocycles. The van der Waals surface area contributed by atoms with Gasteiger partial charge in [0.1, 0.15) is 17.2 Å². The van der Waals surface area contributed by atoms with Crippen LogP contribution in [0.5, 0.6) is 0 Å². The standard InChI is InChI=1S/C10H11BrN2O4S/c11-8(18-5-12)3-6(14)4-9(15)13-7-1-2-17-10(7)16/h7-8H,1-4H2,(H,13,15). The predicted molar refractivity (Wildman–Crippen MR) is 67.7 cm³/mol. The normalized spacial score (nSPS) is 19.8. The first-order chi connectivity index (χ1) is 8.52. The van der Waals surface area contributed by atoms with E-state index in [0.29, 0.717) is 13.0 Å². The second kappa shape index (κ2) is 7.38. The molecule has 0 bridgehead atoms. The van der Waals surface area contributed by atoms with Crippen molar-refractivity contribution in [3.63, 3.8) is 0 Å². The lowest BCUT2D eigenvalue weighted by Gasteiger charge is -2.08. The summed E-state index contributed by atoms with van der Waals surface area (Å²) in [6.45, 7) is 0.292. The number of Topliss-reactive ketones (excluding diaryl/α,β-unsaturated/α-hetero) is 1. The molecule has 1 rings (SSSR count). The first-order valence-corrected chi connectivity index (χ1v) is 6.99. The van der Waals surface area contributed by atoms with Crippen molar-refractivity contribution in [3.05, 3.63) is 0 Å². The summed E-state index contributed by atoms with van der Waals surface area (Å²) in [4.78, 5) is 34.0. The number of thioether (sulfide) groups is 1. The van der Waals surface area contributed by atoms with Crippen LogP contribution in [0.1, 0.15) is 19.3 Å². The predicted octanol–water partition coefficient (Wildman–Crippen LogP) is 0.703. The number of alkyl halides is 1. The molecule has 1 N–H and O–H groups in total. The summed E-state index contributed by atoms with van der Waals surface area (Å²) < 4.78 is 4.36. The quantitative estimate of drug-likeness (QED) is 0.332. The van der Waals surface area contributed by atoms with E-state index in [1.54, 1.807) is 0 Å². The Morgan fingerprint density at radius 2 is 2.39 bits per heavy atom. The number of cyclic esters (lactones) is 1. The minimum Gasteiger partial charge on any atom is -0.464 e. The Morgan fingerprint density at radius 3 is 2.94 bits per heavy atom. The second-order valence-electron chi connectivity index (χ2n) is 3.62. The molecule has 1 amide bonds. The Labute approximate surface area is 117 Å². The van der Waals surface area contributed by atoms with Gasteiger partial charge >= 0.3 is 5.97 Å². The van der Waals surface area contributed by atoms with Crippen molar-refractivity contribution in [1.82, 2.24) is 5.32 Å². The van der Waals surface area contributed by atoms with Crippen LogP contribution >= 0.6 is 27.7 Å². The number of carbonyl (C=O) groups is 3. The molecule has 2 atom stereocenters. The number of carbonyl (C=O) groups excluding carboxylic acids is 3. The highest BCUT2D eigenvalue weighted by atomic mass is 79.9. The Morgan fingerprint density at radius 1 is 1.67 bits per heavy atom. The van der Waals surface area contributed by atoms with Crippen LogP contribution in [-0.2, 0) is 19.1 Å². The maximum Gasteiger partial charge on any atom is 0.328 e. The molecule has 2 unspecified atom stereocenters. The third kappa shape index (κ3) is 5.06. The number of nitrogens with zero attached hydrogens (tertiary/aromatic N) is 1. The topological polar surface area (TPSA) is 96.3 Å². The van der Waals surface area contributed by atoms with Crippen molar-refractivity contribution in [3.8, 4) is 5.40 Å². The third-order valence-corrected chi connectivity index (χ3v) is 3.61. The fraction of sp³-hybridized carbons (Fsp3) is 0.600. The van der Waals surface area contributed by atoms with Gasteiger partial charge in [-0.1, -0.05) is 15.9 Å². The SMILES string of the molecule is N#CSC(Br)CC(=O)CC(=O)NC1CCOC1=O. The number of nitrogens with one attached hydrogen (secondary N) is 1. The fourth-order valence-electron chi connectivity index (χ4n) is 1.40. The fourth-order valence-corrected chi connectivity index (χ4v) is 2.40. The van der Waals surface area contributed by atoms with Gasteiger partial charge in [-0.25, -0.2) is 4.79 Å². The van der Waals surface area contributed by atoms with Crippen molar-refractivity contribution < 1.29 is 19.1 Å². The van der Waals surface area contributed by atoms with Crippen LogP contribution in [-0.4, -0.2) is 34.5 Å². The zero-order valence-corrected chi connectivity index (χ0v) is 11.8. The number of ketones is 1. The number of hydrogen-bond donors (Lipinski definition) is 1. The second-order valence-corrected chi connectivity index (χ2v) is 6.31. The largest absolute Gasteiger partial charge is 0.464 e. The van der Waals surface area contributed by atoms with Crippen molar-refractivity contribution in [2.75, 3.05) is 6.61 Å². The minimum absolute atomic E-state index is 0.0841. The molecular weight excluding hydrogens is 324 g/mol. The Kier molecular flexibility index (Phi) is 6.15. The van der Waals surface area contributed by atoms with E-state index in [-0.39, 0.29) is 22.8 Å². The van der Waals surface area contributed by atoms with E-state index in [1.807, 2.05) is 5.40 Å². The number of nitriles is 1. The lowest BCUT2D eigenvalue weighted by atomic mass is 10.2. The van der Waals surface area contributed by atoms with Crippen LogP contribution in [0, 0.1) is 10.7 Å². The van der Waals surface area contributed by atoms with Crippen LogP contribution in [0.25, 0.3) is 0 Å². The van der Waals surface area contributed by atoms with Crippen molar-refractivity contribution in [1.29, 1.82) is 5.26 Å². The minimum atomic E-state index is -0.640. The summed E-state index contributed by atoms with van der Waals surface area (Å²) in [6, 6.07) is -0.640. The Bertz CT molecular complexity index is 396. The van der Waals surface area contributed by atoms with E-state index in [0.717, 1.165) is 11.8 Å². The van der Waals surface area contributed by atoms with Gasteiger partial charge in [0.05, 0.1) is 17.2 Å². The van der Waals surface area contributed by atoms with Gasteiger partial charge in [-0.15, -0.1) is 0 Å². The summed E-state index contributed by atoms with van der Waals surface area (Å²) >= 11 is 4.06. The number of ether oxygens (including phenoxy) is 1. The average Bonchev–Trinajstić information content (AvgIpc) is 2.64. The summed E-state index contributed by atoms with van der Waals surface area (Å²) in [6.07, 6.45) is 0.225. The zero-order valence-electron chi connectivity index (χ0n) is 9.35. The first-order valence-electron chi connectivity index (χ1n) is 5.19. The number of esters is 1. The molecule has 0 saturated carbocycles. The summed E-state index contributed by atoms with van der Waals surface area (Å²) in [7, 11) is 0. The molecule has 0 aromatic carbocycles. The molecule has 0 aliphatic carbocycles. The third-order valence-electron chi connectivity index (χ3n) is 2.20. The molecule has 0 spiro atoms. The van der Waals surface area contributed by atoms with Gasteiger partial charge in [0, 0.05) is 12.8 Å². The van der Waals surface area contributed by atoms with Gasteiger partial charge in [-0.2, -0.15) is 5.26 Å². The van der Waals surface area contributed by atoms with Gasteiger partial charge in [0.2, 0.25) is 5.91 Å². The molecule has 1 aliphatic rings. The monoisotopic (exact) mass is 334 g/mol. The van der Waals surface area contributed by atoms with Gasteiger partial charge in [0.25, 0.3) is 0 Å². The van der Waals surface area contributed by atoms with Crippen molar-refractivity contribution >= 4 is 45.4 Å². The lowest BCUT2D eigenvalue weighted by molar-refractivity contribution is -0.142. The van der Waals surface area contributed by atoms with E-state index in [9.17, 15) is 14.4 Å². The van der Waals surface area contributed by atoms with Crippen LogP contribution in [0.15, 0.2) is 0 Å². The molecular formula is C10H11BrN2O4S. The molecule has 0 aromatic heterocycles. The van der Waals surface area contributed by atoms with E-state index < -0.39 is 17.9 Å². The van der Waals surface area contributed by atoms with Crippen LogP contribution in [0.2, 0.25) is 0 Å². The molecule has 1 fully saturated rings. The number of halogens is 1. The molecule has 1 heterocycles. The van der Waals surface area contributed by atoms with Crippen LogP contribution in [0.3, 0.4) is 0 Å². The number of amides is 1. The van der Waals surface area contributed by atoms with Crippen molar-refractivity contribution in [2.24, 2.45) is 0 Å². The van der Waals surface area contributed by atoms with Gasteiger partial charge in [-0.05, 0) is 11.8 Å². The van der Waals surface area contributed by atoms with Crippen LogP contribution < -0.4 is 5.32 Å². The molecule has 98 valence electrons. The van der Waals surface area contributed by atoms with Gasteiger partial charge in [0.15, 0.2) is 0 Å². The van der Waals surface area contributed by atoms with Crippen molar-refractivity contribution in [2.45, 2.75) is 29.5 Å². The maximum absolute atomic E-state index is 11.5. The van der Waals surface area contributed by atoms with Gasteiger partial charge in [-0.3, -0.25) is 9.59 Å². The van der Waals surface area contributed by atoms with E-state index in [1.165, 1.54) is 0 Å². The first kappa shape index (κ1) is 15.0. The summed E-state index contributed by atoms with van der Waals surface area (Å²) in [5.41, 5.74) is 0. The summed E-state index contributed by atoms with van der Waals surface area (Å²) in [5, 5.41) is 12.7. The van der Waals surface area contributed by atoms with Crippen LogP contribution in [0.4, 0.5) is 0 Å². The molecule has 0 radical (unpaired) electrons. The average molecular weight is 335 g/mol. The summed E-state index contributed by atoms with van der Waals surface area (Å²) in [5.74, 6) is -1.25. The highest BCUT2D eigenvalue weighted by molar-refractivity contribution is 9.11. The molecule has 6 nitrogen and oxygen atoms in total. The van der Waals surface area contributed by atoms with E-state index >= 15 is 0 Å². The number of hydrogen-bond acceptors (Lipinski definition) is 6. The zero-order chi connectivity index (χ0) is 13.5. The molecule has 0 aromatic rings.